The molecule has 0 unspecified atom stereocenters. The largest absolute Gasteiger partial charge is 0.497 e. The van der Waals surface area contributed by atoms with Crippen LogP contribution in [0.2, 0.25) is 0 Å². The third-order valence-electron chi connectivity index (χ3n) is 4.36. The number of carbonyl (C=O) groups is 1. The molecule has 0 aliphatic rings. The minimum Gasteiger partial charge on any atom is -0.497 e. The van der Waals surface area contributed by atoms with Crippen LogP contribution in [0.25, 0.3) is 0 Å². The van der Waals surface area contributed by atoms with Gasteiger partial charge in [0.25, 0.3) is 10.0 Å². The Morgan fingerprint density at radius 2 is 1.60 bits per heavy atom. The Kier molecular flexibility index (Phi) is 6.04. The maximum absolute atomic E-state index is 13.0. The van der Waals surface area contributed by atoms with Crippen molar-refractivity contribution in [3.8, 4) is 17.6 Å². The molecule has 0 amide bonds. The van der Waals surface area contributed by atoms with Crippen molar-refractivity contribution in [2.24, 2.45) is 0 Å². The minimum atomic E-state index is -3.90. The summed E-state index contributed by atoms with van der Waals surface area (Å²) in [6.45, 7) is 0. The molecular weight excluding hydrogens is 404 g/mol. The number of carbonyl (C=O) groups excluding carboxylic acids is 1. The summed E-state index contributed by atoms with van der Waals surface area (Å²) >= 11 is 0. The second kappa shape index (κ2) is 8.68. The Morgan fingerprint density at radius 1 is 0.967 bits per heavy atom. The zero-order valence-corrected chi connectivity index (χ0v) is 17.1. The smallest absolute Gasteiger partial charge is 0.343 e. The fraction of sp³-hybridized carbons (Fsp3) is 0.0909. The summed E-state index contributed by atoms with van der Waals surface area (Å²) in [6, 6.07) is 20.2. The number of nitriles is 1. The first-order valence-electron chi connectivity index (χ1n) is 8.80. The Morgan fingerprint density at radius 3 is 2.20 bits per heavy atom. The molecule has 30 heavy (non-hydrogen) atoms. The van der Waals surface area contributed by atoms with Crippen LogP contribution >= 0.6 is 0 Å². The van der Waals surface area contributed by atoms with Crippen LogP contribution in [0, 0.1) is 11.3 Å². The number of hydrogen-bond acceptors (Lipinski definition) is 6. The summed E-state index contributed by atoms with van der Waals surface area (Å²) in [5, 5.41) is 8.82. The lowest BCUT2D eigenvalue weighted by atomic mass is 10.2. The molecule has 3 aromatic carbocycles. The first-order chi connectivity index (χ1) is 14.3. The second-order valence-electron chi connectivity index (χ2n) is 6.22. The lowest BCUT2D eigenvalue weighted by Crippen LogP contribution is -2.26. The Bertz CT molecular complexity index is 1200. The first kappa shape index (κ1) is 20.9. The van der Waals surface area contributed by atoms with Gasteiger partial charge in [-0.15, -0.1) is 0 Å². The molecule has 8 heteroatoms. The van der Waals surface area contributed by atoms with E-state index in [9.17, 15) is 13.2 Å². The highest BCUT2D eigenvalue weighted by atomic mass is 32.2. The molecule has 0 N–H and O–H groups in total. The maximum Gasteiger partial charge on any atom is 0.343 e. The Balaban J connectivity index is 1.83. The van der Waals surface area contributed by atoms with Crippen LogP contribution in [-0.4, -0.2) is 28.5 Å². The number of anilines is 1. The minimum absolute atomic E-state index is 0.0462. The van der Waals surface area contributed by atoms with Gasteiger partial charge in [-0.25, -0.2) is 13.2 Å². The van der Waals surface area contributed by atoms with Gasteiger partial charge in [0, 0.05) is 7.05 Å². The van der Waals surface area contributed by atoms with Gasteiger partial charge in [-0.05, 0) is 66.7 Å². The van der Waals surface area contributed by atoms with Crippen LogP contribution in [0.3, 0.4) is 0 Å². The highest BCUT2D eigenvalue weighted by molar-refractivity contribution is 7.92. The molecule has 0 heterocycles. The zero-order chi connectivity index (χ0) is 21.7. The van der Waals surface area contributed by atoms with E-state index in [1.54, 1.807) is 24.3 Å². The molecule has 0 aliphatic heterocycles. The molecule has 0 saturated heterocycles. The number of esters is 1. The van der Waals surface area contributed by atoms with E-state index in [1.807, 2.05) is 6.07 Å². The normalized spacial score (nSPS) is 10.7. The van der Waals surface area contributed by atoms with Gasteiger partial charge in [-0.2, -0.15) is 5.26 Å². The van der Waals surface area contributed by atoms with E-state index in [2.05, 4.69) is 0 Å². The van der Waals surface area contributed by atoms with Gasteiger partial charge in [0.2, 0.25) is 0 Å². The van der Waals surface area contributed by atoms with Crippen molar-refractivity contribution < 1.29 is 22.7 Å². The monoisotopic (exact) mass is 422 g/mol. The molecule has 7 nitrogen and oxygen atoms in total. The van der Waals surface area contributed by atoms with Gasteiger partial charge in [0.05, 0.1) is 34.9 Å². The van der Waals surface area contributed by atoms with E-state index >= 15 is 0 Å². The van der Waals surface area contributed by atoms with Crippen molar-refractivity contribution in [3.05, 3.63) is 83.9 Å². The standard InChI is InChI=1S/C22H18N2O5S/c1-24(18-8-12-19(28-2)13-9-18)30(26,27)21-5-3-4-17(14-21)22(25)29-20-10-6-16(15-23)7-11-20/h3-14H,1-2H3. The van der Waals surface area contributed by atoms with Crippen LogP contribution in [-0.2, 0) is 10.0 Å². The average Bonchev–Trinajstić information content (AvgIpc) is 2.79. The topological polar surface area (TPSA) is 96.7 Å². The van der Waals surface area contributed by atoms with Crippen molar-refractivity contribution >= 4 is 21.7 Å². The Labute approximate surface area is 174 Å². The van der Waals surface area contributed by atoms with Crippen LogP contribution in [0.15, 0.2) is 77.7 Å². The van der Waals surface area contributed by atoms with Gasteiger partial charge in [-0.3, -0.25) is 4.31 Å². The highest BCUT2D eigenvalue weighted by Gasteiger charge is 2.23. The van der Waals surface area contributed by atoms with E-state index in [4.69, 9.17) is 14.7 Å². The van der Waals surface area contributed by atoms with E-state index in [-0.39, 0.29) is 16.2 Å². The number of rotatable bonds is 6. The molecule has 0 aliphatic carbocycles. The van der Waals surface area contributed by atoms with Gasteiger partial charge < -0.3 is 9.47 Å². The SMILES string of the molecule is COc1ccc(N(C)S(=O)(=O)c2cccc(C(=O)Oc3ccc(C#N)cc3)c2)cc1. The summed E-state index contributed by atoms with van der Waals surface area (Å²) in [5.41, 5.74) is 0.967. The van der Waals surface area contributed by atoms with Crippen LogP contribution in [0.1, 0.15) is 15.9 Å². The molecule has 0 aromatic heterocycles. The highest BCUT2D eigenvalue weighted by Crippen LogP contribution is 2.25. The molecule has 0 spiro atoms. The summed E-state index contributed by atoms with van der Waals surface area (Å²) in [4.78, 5) is 12.4. The molecular formula is C22H18N2O5S. The van der Waals surface area contributed by atoms with E-state index in [0.717, 1.165) is 4.31 Å². The predicted molar refractivity (Wildman–Crippen MR) is 111 cm³/mol. The summed E-state index contributed by atoms with van der Waals surface area (Å²) in [5.74, 6) is 0.156. The van der Waals surface area contributed by atoms with E-state index < -0.39 is 16.0 Å². The van der Waals surface area contributed by atoms with Crippen molar-refractivity contribution in [1.82, 2.24) is 0 Å². The number of methoxy groups -OCH3 is 1. The predicted octanol–water partition coefficient (Wildman–Crippen LogP) is 3.61. The number of sulfonamides is 1. The third kappa shape index (κ3) is 4.42. The molecule has 152 valence electrons. The quantitative estimate of drug-likeness (QED) is 0.445. The van der Waals surface area contributed by atoms with Crippen LogP contribution in [0.4, 0.5) is 5.69 Å². The lowest BCUT2D eigenvalue weighted by molar-refractivity contribution is 0.0734. The summed E-state index contributed by atoms with van der Waals surface area (Å²) in [7, 11) is -0.946. The van der Waals surface area contributed by atoms with Crippen molar-refractivity contribution in [2.45, 2.75) is 4.90 Å². The Hall–Kier alpha value is -3.83. The first-order valence-corrected chi connectivity index (χ1v) is 10.2. The van der Waals surface area contributed by atoms with Crippen molar-refractivity contribution in [1.29, 1.82) is 5.26 Å². The molecule has 3 rings (SSSR count). The third-order valence-corrected chi connectivity index (χ3v) is 6.14. The van der Waals surface area contributed by atoms with Gasteiger partial charge in [0.15, 0.2) is 0 Å². The average molecular weight is 422 g/mol. The van der Waals surface area contributed by atoms with E-state index in [1.165, 1.54) is 62.7 Å². The van der Waals surface area contributed by atoms with Gasteiger partial charge in [-0.1, -0.05) is 6.07 Å². The van der Waals surface area contributed by atoms with Crippen molar-refractivity contribution in [3.63, 3.8) is 0 Å². The van der Waals surface area contributed by atoms with Crippen LogP contribution in [0.5, 0.6) is 11.5 Å². The lowest BCUT2D eigenvalue weighted by Gasteiger charge is -2.20. The molecule has 0 atom stereocenters. The fourth-order valence-electron chi connectivity index (χ4n) is 2.64. The van der Waals surface area contributed by atoms with Gasteiger partial charge >= 0.3 is 5.97 Å². The fourth-order valence-corrected chi connectivity index (χ4v) is 3.88. The van der Waals surface area contributed by atoms with Crippen LogP contribution < -0.4 is 13.8 Å². The number of hydrogen-bond donors (Lipinski definition) is 0. The molecule has 3 aromatic rings. The molecule has 0 fully saturated rings. The zero-order valence-electron chi connectivity index (χ0n) is 16.3. The number of ether oxygens (including phenoxy) is 2. The van der Waals surface area contributed by atoms with Crippen molar-refractivity contribution in [2.75, 3.05) is 18.5 Å². The molecule has 0 radical (unpaired) electrons. The summed E-state index contributed by atoms with van der Waals surface area (Å²) in [6.07, 6.45) is 0. The maximum atomic E-state index is 13.0. The molecule has 0 saturated carbocycles. The summed E-state index contributed by atoms with van der Waals surface area (Å²) < 4.78 is 37.5. The van der Waals surface area contributed by atoms with Gasteiger partial charge in [0.1, 0.15) is 11.5 Å². The number of benzene rings is 3. The van der Waals surface area contributed by atoms with E-state index in [0.29, 0.717) is 17.0 Å². The number of nitrogens with zero attached hydrogens (tertiary/aromatic N) is 2. The molecule has 0 bridgehead atoms. The second-order valence-corrected chi connectivity index (χ2v) is 8.19.